The minimum atomic E-state index is -1.18. The highest BCUT2D eigenvalue weighted by Crippen LogP contribution is 2.50. The molecule has 8 heteroatoms. The Balaban J connectivity index is 1.86. The molecule has 2 fully saturated rings. The summed E-state index contributed by atoms with van der Waals surface area (Å²) in [4.78, 5) is 31.0. The smallest absolute Gasteiger partial charge is 0.338 e. The van der Waals surface area contributed by atoms with Crippen molar-refractivity contribution < 1.29 is 33.4 Å². The van der Waals surface area contributed by atoms with Crippen LogP contribution in [-0.4, -0.2) is 60.3 Å². The van der Waals surface area contributed by atoms with Crippen LogP contribution in [0, 0.1) is 0 Å². The second kappa shape index (κ2) is 8.50. The Morgan fingerprint density at radius 1 is 0.935 bits per heavy atom. The first-order valence-corrected chi connectivity index (χ1v) is 10.5. The minimum Gasteiger partial charge on any atom is -0.467 e. The summed E-state index contributed by atoms with van der Waals surface area (Å²) >= 11 is 0. The number of rotatable bonds is 5. The zero-order chi connectivity index (χ0) is 23.0. The highest BCUT2D eigenvalue weighted by atomic mass is 16.8. The summed E-state index contributed by atoms with van der Waals surface area (Å²) < 4.78 is 21.9. The van der Waals surface area contributed by atoms with Crippen LogP contribution >= 0.6 is 0 Å². The lowest BCUT2D eigenvalue weighted by Gasteiger charge is -2.56. The average Bonchev–Trinajstić information content (AvgIpc) is 3.07. The molecule has 2 heterocycles. The maximum absolute atomic E-state index is 12.3. The van der Waals surface area contributed by atoms with Gasteiger partial charge in [-0.3, -0.25) is 4.84 Å². The second-order valence-corrected chi connectivity index (χ2v) is 9.47. The largest absolute Gasteiger partial charge is 0.467 e. The third-order valence-electron chi connectivity index (χ3n) is 5.86. The average molecular weight is 436 g/mol. The molecule has 0 amide bonds. The van der Waals surface area contributed by atoms with Crippen molar-refractivity contribution in [3.05, 3.63) is 35.9 Å². The number of piperidine rings is 1. The molecule has 172 valence electrons. The van der Waals surface area contributed by atoms with E-state index in [1.165, 1.54) is 14.2 Å². The first-order valence-electron chi connectivity index (χ1n) is 10.5. The summed E-state index contributed by atoms with van der Waals surface area (Å²) in [5.74, 6) is -2.49. The van der Waals surface area contributed by atoms with Crippen molar-refractivity contribution in [3.63, 3.8) is 0 Å². The quantitative estimate of drug-likeness (QED) is 0.653. The Kier molecular flexibility index (Phi) is 6.49. The molecule has 2 saturated heterocycles. The molecule has 2 aliphatic heterocycles. The van der Waals surface area contributed by atoms with E-state index in [1.54, 1.807) is 0 Å². The van der Waals surface area contributed by atoms with Gasteiger partial charge in [0.2, 0.25) is 0 Å². The first kappa shape index (κ1) is 23.7. The Morgan fingerprint density at radius 3 is 1.81 bits per heavy atom. The van der Waals surface area contributed by atoms with Gasteiger partial charge in [-0.25, -0.2) is 9.59 Å². The lowest BCUT2D eigenvalue weighted by Crippen LogP contribution is -2.65. The summed E-state index contributed by atoms with van der Waals surface area (Å²) in [6.45, 7) is 10.1. The van der Waals surface area contributed by atoms with Crippen molar-refractivity contribution >= 4 is 11.9 Å². The summed E-state index contributed by atoms with van der Waals surface area (Å²) in [6, 6.07) is 10.00. The molecule has 0 aliphatic carbocycles. The fourth-order valence-electron chi connectivity index (χ4n) is 4.93. The van der Waals surface area contributed by atoms with Crippen molar-refractivity contribution in [3.8, 4) is 0 Å². The summed E-state index contributed by atoms with van der Waals surface area (Å²) in [5, 5.41) is 1.98. The fraction of sp³-hybridized carbons (Fsp3) is 0.652. The lowest BCUT2D eigenvalue weighted by molar-refractivity contribution is -0.352. The van der Waals surface area contributed by atoms with Gasteiger partial charge in [0.25, 0.3) is 0 Å². The van der Waals surface area contributed by atoms with Crippen LogP contribution in [0.1, 0.15) is 59.1 Å². The zero-order valence-corrected chi connectivity index (χ0v) is 19.3. The van der Waals surface area contributed by atoms with E-state index in [0.717, 1.165) is 5.56 Å². The number of carbonyl (C=O) groups excluding carboxylic acids is 2. The molecule has 1 spiro atoms. The number of carbonyl (C=O) groups is 2. The fourth-order valence-corrected chi connectivity index (χ4v) is 4.93. The molecule has 0 saturated carbocycles. The molecule has 8 nitrogen and oxygen atoms in total. The van der Waals surface area contributed by atoms with Gasteiger partial charge >= 0.3 is 11.9 Å². The predicted molar refractivity (Wildman–Crippen MR) is 112 cm³/mol. The number of hydroxylamine groups is 2. The number of benzene rings is 1. The topological polar surface area (TPSA) is 83.5 Å². The van der Waals surface area contributed by atoms with Gasteiger partial charge in [0.15, 0.2) is 18.0 Å². The van der Waals surface area contributed by atoms with E-state index in [1.807, 2.05) is 70.0 Å². The highest BCUT2D eigenvalue weighted by molar-refractivity contribution is 5.86. The molecule has 0 N–H and O–H groups in total. The van der Waals surface area contributed by atoms with E-state index in [4.69, 9.17) is 23.8 Å². The number of methoxy groups -OCH3 is 2. The van der Waals surface area contributed by atoms with E-state index < -0.39 is 41.0 Å². The number of hydrogen-bond acceptors (Lipinski definition) is 8. The second-order valence-electron chi connectivity index (χ2n) is 9.47. The summed E-state index contributed by atoms with van der Waals surface area (Å²) in [6.07, 6.45) is -1.76. The standard InChI is InChI=1S/C23H33NO7/c1-15(16-11-9-8-10-12-16)31-24-21(2,3)13-23(14-22(24,4)5)29-17(19(25)27-6)18(30-23)20(26)28-7/h8-12,15,17-18H,13-14H2,1-7H3. The molecule has 3 rings (SSSR count). The van der Waals surface area contributed by atoms with E-state index in [-0.39, 0.29) is 6.10 Å². The molecule has 3 atom stereocenters. The molecular weight excluding hydrogens is 402 g/mol. The molecule has 1 aromatic rings. The molecular formula is C23H33NO7. The molecule has 1 aromatic carbocycles. The molecule has 3 unspecified atom stereocenters. The molecule has 0 aromatic heterocycles. The Hall–Kier alpha value is -2.00. The van der Waals surface area contributed by atoms with Crippen LogP contribution in [0.3, 0.4) is 0 Å². The Morgan fingerprint density at radius 2 is 1.39 bits per heavy atom. The van der Waals surface area contributed by atoms with Crippen LogP contribution in [0.15, 0.2) is 30.3 Å². The molecule has 31 heavy (non-hydrogen) atoms. The molecule has 2 aliphatic rings. The van der Waals surface area contributed by atoms with Gasteiger partial charge < -0.3 is 18.9 Å². The number of ether oxygens (including phenoxy) is 4. The van der Waals surface area contributed by atoms with Crippen LogP contribution in [0.2, 0.25) is 0 Å². The van der Waals surface area contributed by atoms with Gasteiger partial charge in [0.1, 0.15) is 6.10 Å². The highest BCUT2D eigenvalue weighted by Gasteiger charge is 2.63. The van der Waals surface area contributed by atoms with Crippen LogP contribution in [-0.2, 0) is 33.4 Å². The Labute approximate surface area is 183 Å². The number of esters is 2. The predicted octanol–water partition coefficient (Wildman–Crippen LogP) is 3.16. The van der Waals surface area contributed by atoms with Crippen LogP contribution in [0.25, 0.3) is 0 Å². The van der Waals surface area contributed by atoms with Crippen molar-refractivity contribution in [2.24, 2.45) is 0 Å². The maximum Gasteiger partial charge on any atom is 0.338 e. The van der Waals surface area contributed by atoms with Crippen molar-refractivity contribution in [2.75, 3.05) is 14.2 Å². The van der Waals surface area contributed by atoms with E-state index >= 15 is 0 Å². The van der Waals surface area contributed by atoms with E-state index in [9.17, 15) is 9.59 Å². The van der Waals surface area contributed by atoms with Crippen LogP contribution in [0.5, 0.6) is 0 Å². The molecule has 0 radical (unpaired) electrons. The maximum atomic E-state index is 12.3. The van der Waals surface area contributed by atoms with Crippen molar-refractivity contribution in [1.29, 1.82) is 0 Å². The third-order valence-corrected chi connectivity index (χ3v) is 5.86. The zero-order valence-electron chi connectivity index (χ0n) is 19.3. The Bertz CT molecular complexity index is 763. The third kappa shape index (κ3) is 4.62. The van der Waals surface area contributed by atoms with Gasteiger partial charge in [-0.05, 0) is 40.2 Å². The monoisotopic (exact) mass is 435 g/mol. The number of nitrogens with zero attached hydrogens (tertiary/aromatic N) is 1. The van der Waals surface area contributed by atoms with Gasteiger partial charge in [0.05, 0.1) is 14.2 Å². The van der Waals surface area contributed by atoms with Crippen molar-refractivity contribution in [1.82, 2.24) is 5.06 Å². The summed E-state index contributed by atoms with van der Waals surface area (Å²) in [5.41, 5.74) is 0.00620. The van der Waals surface area contributed by atoms with Gasteiger partial charge in [-0.2, -0.15) is 5.06 Å². The van der Waals surface area contributed by atoms with Crippen LogP contribution < -0.4 is 0 Å². The SMILES string of the molecule is COC(=O)C1OC2(CC(C)(C)N(OC(C)c3ccccc3)C(C)(C)C2)OC1C(=O)OC. The van der Waals surface area contributed by atoms with Crippen LogP contribution in [0.4, 0.5) is 0 Å². The van der Waals surface area contributed by atoms with Crippen molar-refractivity contribution in [2.45, 2.75) is 82.6 Å². The van der Waals surface area contributed by atoms with E-state index in [0.29, 0.717) is 12.8 Å². The summed E-state index contributed by atoms with van der Waals surface area (Å²) in [7, 11) is 2.50. The van der Waals surface area contributed by atoms with Gasteiger partial charge in [-0.1, -0.05) is 30.3 Å². The van der Waals surface area contributed by atoms with Gasteiger partial charge in [-0.15, -0.1) is 0 Å². The number of hydrogen-bond donors (Lipinski definition) is 0. The minimum absolute atomic E-state index is 0.162. The van der Waals surface area contributed by atoms with Gasteiger partial charge in [0, 0.05) is 23.9 Å². The first-order chi connectivity index (χ1) is 14.4. The molecule has 0 bridgehead atoms. The lowest BCUT2D eigenvalue weighted by atomic mass is 9.78. The normalized spacial score (nSPS) is 27.6. The van der Waals surface area contributed by atoms with E-state index in [2.05, 4.69) is 0 Å².